The maximum Gasteiger partial charge on any atom is 0.0465 e. The van der Waals surface area contributed by atoms with E-state index in [1.165, 1.54) is 11.3 Å². The first kappa shape index (κ1) is 9.62. The number of nitrogens with one attached hydrogen (secondary N) is 1. The third-order valence-electron chi connectivity index (χ3n) is 1.51. The summed E-state index contributed by atoms with van der Waals surface area (Å²) in [6.07, 6.45) is 1.20. The lowest BCUT2D eigenvalue weighted by atomic mass is 10.4. The summed E-state index contributed by atoms with van der Waals surface area (Å²) in [5.41, 5.74) is 0. The maximum atomic E-state index is 3.35. The quantitative estimate of drug-likeness (QED) is 0.426. The van der Waals surface area contributed by atoms with Crippen LogP contribution in [0.3, 0.4) is 0 Å². The second-order valence-electron chi connectivity index (χ2n) is 2.60. The molecule has 1 aromatic rings. The van der Waals surface area contributed by atoms with E-state index in [-0.39, 0.29) is 0 Å². The lowest BCUT2D eigenvalue weighted by Crippen LogP contribution is -2.12. The molecule has 0 aliphatic rings. The number of benzene rings is 1. The number of hydrogen-bond acceptors (Lipinski definition) is 2. The zero-order valence-electron chi connectivity index (χ0n) is 7.42. The van der Waals surface area contributed by atoms with Crippen molar-refractivity contribution in [1.29, 1.82) is 0 Å². The summed E-state index contributed by atoms with van der Waals surface area (Å²) in [5.74, 6) is 1.01. The van der Waals surface area contributed by atoms with Gasteiger partial charge in [0, 0.05) is 10.8 Å². The molecule has 1 N–H and O–H groups in total. The van der Waals surface area contributed by atoms with Crippen molar-refractivity contribution in [1.82, 2.24) is 5.32 Å². The minimum atomic E-state index is 1.01. The summed E-state index contributed by atoms with van der Waals surface area (Å²) >= 11 is 1.85. The third kappa shape index (κ3) is 3.79. The average Bonchev–Trinajstić information content (AvgIpc) is 2.14. The van der Waals surface area contributed by atoms with Crippen LogP contribution in [-0.4, -0.2) is 12.4 Å². The Balaban J connectivity index is 2.16. The zero-order chi connectivity index (χ0) is 8.65. The Morgan fingerprint density at radius 2 is 2.00 bits per heavy atom. The molecule has 0 heterocycles. The summed E-state index contributed by atoms with van der Waals surface area (Å²) in [7, 11) is 0. The summed E-state index contributed by atoms with van der Waals surface area (Å²) in [4.78, 5) is 1.33. The Morgan fingerprint density at radius 3 is 2.67 bits per heavy atom. The topological polar surface area (TPSA) is 12.0 Å². The van der Waals surface area contributed by atoms with Crippen LogP contribution in [0.5, 0.6) is 0 Å². The van der Waals surface area contributed by atoms with Gasteiger partial charge in [0.1, 0.15) is 0 Å². The molecular formula is C10H15NS. The molecule has 1 nitrogen and oxygen atoms in total. The number of rotatable bonds is 5. The molecule has 2 heteroatoms. The predicted octanol–water partition coefficient (Wildman–Crippen LogP) is 2.74. The Hall–Kier alpha value is -0.470. The van der Waals surface area contributed by atoms with Crippen LogP contribution in [0.25, 0.3) is 0 Å². The highest BCUT2D eigenvalue weighted by Gasteiger charge is 1.89. The van der Waals surface area contributed by atoms with Crippen LogP contribution in [0, 0.1) is 0 Å². The van der Waals surface area contributed by atoms with E-state index in [2.05, 4.69) is 36.5 Å². The first-order valence-corrected chi connectivity index (χ1v) is 5.30. The normalized spacial score (nSPS) is 10.1. The molecule has 0 spiro atoms. The molecule has 1 aromatic carbocycles. The van der Waals surface area contributed by atoms with E-state index in [0.29, 0.717) is 0 Å². The van der Waals surface area contributed by atoms with Crippen LogP contribution >= 0.6 is 11.8 Å². The van der Waals surface area contributed by atoms with E-state index >= 15 is 0 Å². The second-order valence-corrected chi connectivity index (χ2v) is 3.65. The second kappa shape index (κ2) is 6.09. The molecule has 0 atom stereocenters. The molecule has 0 aliphatic carbocycles. The van der Waals surface area contributed by atoms with Crippen molar-refractivity contribution in [3.05, 3.63) is 30.3 Å². The van der Waals surface area contributed by atoms with Crippen LogP contribution < -0.4 is 5.32 Å². The van der Waals surface area contributed by atoms with Gasteiger partial charge in [-0.1, -0.05) is 25.1 Å². The molecule has 0 bridgehead atoms. The fourth-order valence-electron chi connectivity index (χ4n) is 0.900. The van der Waals surface area contributed by atoms with Gasteiger partial charge >= 0.3 is 0 Å². The van der Waals surface area contributed by atoms with E-state index in [4.69, 9.17) is 0 Å². The molecule has 0 fully saturated rings. The van der Waals surface area contributed by atoms with Gasteiger partial charge in [0.2, 0.25) is 0 Å². The third-order valence-corrected chi connectivity index (χ3v) is 2.46. The van der Waals surface area contributed by atoms with Crippen LogP contribution in [0.15, 0.2) is 35.2 Å². The van der Waals surface area contributed by atoms with Crippen LogP contribution in [0.4, 0.5) is 0 Å². The molecule has 1 rings (SSSR count). The van der Waals surface area contributed by atoms with Gasteiger partial charge in [0.05, 0.1) is 0 Å². The van der Waals surface area contributed by atoms with Crippen molar-refractivity contribution in [2.75, 3.05) is 12.4 Å². The smallest absolute Gasteiger partial charge is 0.0465 e. The van der Waals surface area contributed by atoms with Crippen molar-refractivity contribution in [3.8, 4) is 0 Å². The van der Waals surface area contributed by atoms with Gasteiger partial charge in [-0.05, 0) is 25.1 Å². The monoisotopic (exact) mass is 181 g/mol. The Kier molecular flexibility index (Phi) is 4.88. The van der Waals surface area contributed by atoms with Crippen molar-refractivity contribution in [2.24, 2.45) is 0 Å². The van der Waals surface area contributed by atoms with Crippen molar-refractivity contribution in [2.45, 2.75) is 18.2 Å². The van der Waals surface area contributed by atoms with E-state index in [9.17, 15) is 0 Å². The van der Waals surface area contributed by atoms with E-state index < -0.39 is 0 Å². The number of hydrogen-bond donors (Lipinski definition) is 1. The number of thioether (sulfide) groups is 1. The minimum Gasteiger partial charge on any atom is -0.308 e. The molecule has 0 radical (unpaired) electrons. The van der Waals surface area contributed by atoms with E-state index in [0.717, 1.165) is 12.4 Å². The first-order valence-electron chi connectivity index (χ1n) is 4.32. The summed E-state index contributed by atoms with van der Waals surface area (Å²) < 4.78 is 0. The minimum absolute atomic E-state index is 1.01. The summed E-state index contributed by atoms with van der Waals surface area (Å²) in [5, 5.41) is 3.35. The highest BCUT2D eigenvalue weighted by Crippen LogP contribution is 2.14. The highest BCUT2D eigenvalue weighted by atomic mass is 32.2. The van der Waals surface area contributed by atoms with Crippen molar-refractivity contribution < 1.29 is 0 Å². The Labute approximate surface area is 78.6 Å². The molecule has 0 saturated carbocycles. The van der Waals surface area contributed by atoms with Gasteiger partial charge in [0.25, 0.3) is 0 Å². The molecule has 66 valence electrons. The van der Waals surface area contributed by atoms with Gasteiger partial charge in [-0.25, -0.2) is 0 Å². The molecular weight excluding hydrogens is 166 g/mol. The maximum absolute atomic E-state index is 3.35. The average molecular weight is 181 g/mol. The van der Waals surface area contributed by atoms with Crippen LogP contribution in [0.1, 0.15) is 13.3 Å². The molecule has 0 saturated heterocycles. The summed E-state index contributed by atoms with van der Waals surface area (Å²) in [6.45, 7) is 3.29. The molecule has 12 heavy (non-hydrogen) atoms. The molecule has 0 amide bonds. The summed E-state index contributed by atoms with van der Waals surface area (Å²) in [6, 6.07) is 10.5. The highest BCUT2D eigenvalue weighted by molar-refractivity contribution is 7.99. The predicted molar refractivity (Wildman–Crippen MR) is 55.5 cm³/mol. The van der Waals surface area contributed by atoms with Gasteiger partial charge < -0.3 is 5.32 Å². The van der Waals surface area contributed by atoms with Gasteiger partial charge in [-0.3, -0.25) is 0 Å². The SMILES string of the molecule is CCCNCSc1ccccc1. The fraction of sp³-hybridized carbons (Fsp3) is 0.400. The molecule has 0 aromatic heterocycles. The fourth-order valence-corrected chi connectivity index (χ4v) is 1.66. The lowest BCUT2D eigenvalue weighted by molar-refractivity contribution is 0.756. The van der Waals surface area contributed by atoms with Crippen molar-refractivity contribution >= 4 is 11.8 Å². The van der Waals surface area contributed by atoms with Crippen LogP contribution in [-0.2, 0) is 0 Å². The Bertz CT molecular complexity index is 198. The van der Waals surface area contributed by atoms with E-state index in [1.54, 1.807) is 0 Å². The van der Waals surface area contributed by atoms with Gasteiger partial charge in [0.15, 0.2) is 0 Å². The van der Waals surface area contributed by atoms with Crippen molar-refractivity contribution in [3.63, 3.8) is 0 Å². The van der Waals surface area contributed by atoms with E-state index in [1.807, 2.05) is 17.8 Å². The Morgan fingerprint density at radius 1 is 1.25 bits per heavy atom. The largest absolute Gasteiger partial charge is 0.308 e. The standard InChI is InChI=1S/C10H15NS/c1-2-8-11-9-12-10-6-4-3-5-7-10/h3-7,11H,2,8-9H2,1H3. The molecule has 0 unspecified atom stereocenters. The van der Waals surface area contributed by atoms with Crippen LogP contribution in [0.2, 0.25) is 0 Å². The lowest BCUT2D eigenvalue weighted by Gasteiger charge is -2.01. The molecule has 0 aliphatic heterocycles. The zero-order valence-corrected chi connectivity index (χ0v) is 8.23. The van der Waals surface area contributed by atoms with Gasteiger partial charge in [-0.15, -0.1) is 11.8 Å². The van der Waals surface area contributed by atoms with Gasteiger partial charge in [-0.2, -0.15) is 0 Å². The first-order chi connectivity index (χ1) is 5.93.